The van der Waals surface area contributed by atoms with Gasteiger partial charge in [0.15, 0.2) is 23.0 Å². The standard InChI is InChI=1S/C24H23N5O3/c30-24(26-13-16-7-8-20-21(12-16)32-15-31-20)17-4-2-10-28(14-17)23-19-6-3-11-29(19)18-5-1-9-25-22(18)27-23/h1,3,5-9,11-12,17H,2,4,10,13-15H2,(H,26,30)/t17-/m1/s1. The van der Waals surface area contributed by atoms with E-state index in [1.54, 1.807) is 6.20 Å². The predicted molar refractivity (Wildman–Crippen MR) is 120 cm³/mol. The Bertz CT molecular complexity index is 1320. The molecule has 1 atom stereocenters. The van der Waals surface area contributed by atoms with Crippen LogP contribution in [0.3, 0.4) is 0 Å². The van der Waals surface area contributed by atoms with Crippen molar-refractivity contribution in [3.05, 3.63) is 60.4 Å². The van der Waals surface area contributed by atoms with E-state index in [-0.39, 0.29) is 18.6 Å². The Morgan fingerprint density at radius 3 is 3.00 bits per heavy atom. The fraction of sp³-hybridized carbons (Fsp3) is 0.292. The molecule has 5 heterocycles. The van der Waals surface area contributed by atoms with Crippen molar-refractivity contribution in [1.82, 2.24) is 19.7 Å². The third-order valence-corrected chi connectivity index (χ3v) is 6.21. The van der Waals surface area contributed by atoms with Gasteiger partial charge in [-0.25, -0.2) is 9.97 Å². The van der Waals surface area contributed by atoms with Crippen molar-refractivity contribution in [1.29, 1.82) is 0 Å². The second-order valence-corrected chi connectivity index (χ2v) is 8.24. The molecule has 4 aromatic rings. The van der Waals surface area contributed by atoms with Crippen LogP contribution >= 0.6 is 0 Å². The summed E-state index contributed by atoms with van der Waals surface area (Å²) in [6.07, 6.45) is 5.60. The summed E-state index contributed by atoms with van der Waals surface area (Å²) in [5, 5.41) is 3.09. The van der Waals surface area contributed by atoms with E-state index in [1.165, 1.54) is 0 Å². The number of anilines is 1. The fourth-order valence-corrected chi connectivity index (χ4v) is 4.59. The SMILES string of the molecule is O=C(NCc1ccc2c(c1)OCO2)[C@@H]1CCCN(c2nc3ncccc3n3cccc23)C1. The number of pyridine rings is 1. The molecule has 0 saturated carbocycles. The van der Waals surface area contributed by atoms with Crippen LogP contribution in [0.2, 0.25) is 0 Å². The summed E-state index contributed by atoms with van der Waals surface area (Å²) in [5.41, 5.74) is 3.71. The van der Waals surface area contributed by atoms with Crippen molar-refractivity contribution in [3.8, 4) is 11.5 Å². The lowest BCUT2D eigenvalue weighted by atomic mass is 9.97. The normalized spacial score (nSPS) is 17.8. The van der Waals surface area contributed by atoms with Crippen LogP contribution in [0.5, 0.6) is 11.5 Å². The minimum Gasteiger partial charge on any atom is -0.454 e. The molecule has 0 spiro atoms. The van der Waals surface area contributed by atoms with Crippen molar-refractivity contribution in [2.45, 2.75) is 19.4 Å². The van der Waals surface area contributed by atoms with Crippen LogP contribution in [0.1, 0.15) is 18.4 Å². The molecule has 8 nitrogen and oxygen atoms in total. The zero-order chi connectivity index (χ0) is 21.5. The number of carbonyl (C=O) groups is 1. The average molecular weight is 429 g/mol. The number of hydrogen-bond donors (Lipinski definition) is 1. The topological polar surface area (TPSA) is 81.0 Å². The van der Waals surface area contributed by atoms with Gasteiger partial charge in [-0.2, -0.15) is 0 Å². The molecule has 162 valence electrons. The first kappa shape index (κ1) is 18.9. The Kier molecular flexibility index (Phi) is 4.56. The number of carbonyl (C=O) groups excluding carboxylic acids is 1. The van der Waals surface area contributed by atoms with Crippen LogP contribution in [0.25, 0.3) is 16.7 Å². The second kappa shape index (κ2) is 7.71. The Labute approximate surface area is 184 Å². The van der Waals surface area contributed by atoms with Gasteiger partial charge in [0.1, 0.15) is 0 Å². The molecule has 6 rings (SSSR count). The lowest BCUT2D eigenvalue weighted by molar-refractivity contribution is -0.125. The minimum absolute atomic E-state index is 0.0673. The van der Waals surface area contributed by atoms with Gasteiger partial charge in [-0.1, -0.05) is 6.07 Å². The summed E-state index contributed by atoms with van der Waals surface area (Å²) in [6, 6.07) is 13.8. The molecule has 2 aliphatic rings. The number of nitrogens with one attached hydrogen (secondary N) is 1. The van der Waals surface area contributed by atoms with Gasteiger partial charge in [0.05, 0.1) is 17.0 Å². The van der Waals surface area contributed by atoms with Crippen molar-refractivity contribution in [2.24, 2.45) is 5.92 Å². The molecule has 1 fully saturated rings. The number of fused-ring (bicyclic) bond motifs is 4. The quantitative estimate of drug-likeness (QED) is 0.537. The lowest BCUT2D eigenvalue weighted by Crippen LogP contribution is -2.43. The van der Waals surface area contributed by atoms with E-state index in [0.29, 0.717) is 18.7 Å². The summed E-state index contributed by atoms with van der Waals surface area (Å²) in [5.74, 6) is 2.34. The van der Waals surface area contributed by atoms with Crippen molar-refractivity contribution in [2.75, 3.05) is 24.8 Å². The molecule has 32 heavy (non-hydrogen) atoms. The molecule has 0 radical (unpaired) electrons. The van der Waals surface area contributed by atoms with E-state index in [9.17, 15) is 4.79 Å². The van der Waals surface area contributed by atoms with Crippen LogP contribution < -0.4 is 19.7 Å². The first-order valence-corrected chi connectivity index (χ1v) is 10.9. The Morgan fingerprint density at radius 2 is 2.03 bits per heavy atom. The number of rotatable bonds is 4. The summed E-state index contributed by atoms with van der Waals surface area (Å²) < 4.78 is 12.9. The molecular weight excluding hydrogens is 406 g/mol. The van der Waals surface area contributed by atoms with Crippen molar-refractivity contribution in [3.63, 3.8) is 0 Å². The molecule has 1 saturated heterocycles. The van der Waals surface area contributed by atoms with Gasteiger partial charge in [0, 0.05) is 32.0 Å². The Hall–Kier alpha value is -3.81. The van der Waals surface area contributed by atoms with Crippen molar-refractivity contribution >= 4 is 28.4 Å². The van der Waals surface area contributed by atoms with Crippen LogP contribution in [0, 0.1) is 5.92 Å². The Balaban J connectivity index is 1.19. The lowest BCUT2D eigenvalue weighted by Gasteiger charge is -2.33. The maximum atomic E-state index is 13.0. The minimum atomic E-state index is -0.0889. The van der Waals surface area contributed by atoms with Gasteiger partial charge < -0.3 is 24.1 Å². The molecule has 0 aliphatic carbocycles. The van der Waals surface area contributed by atoms with Gasteiger partial charge in [0.25, 0.3) is 0 Å². The van der Waals surface area contributed by atoms with E-state index in [2.05, 4.69) is 25.7 Å². The van der Waals surface area contributed by atoms with E-state index < -0.39 is 0 Å². The molecule has 2 aliphatic heterocycles. The number of benzene rings is 1. The highest BCUT2D eigenvalue weighted by atomic mass is 16.7. The first-order valence-electron chi connectivity index (χ1n) is 10.9. The van der Waals surface area contributed by atoms with Crippen LogP contribution in [0.15, 0.2) is 54.9 Å². The zero-order valence-electron chi connectivity index (χ0n) is 17.5. The van der Waals surface area contributed by atoms with E-state index in [1.807, 2.05) is 42.6 Å². The number of nitrogens with zero attached hydrogens (tertiary/aromatic N) is 4. The Morgan fingerprint density at radius 1 is 1.12 bits per heavy atom. The monoisotopic (exact) mass is 429 g/mol. The molecule has 1 aromatic carbocycles. The van der Waals surface area contributed by atoms with E-state index in [0.717, 1.165) is 53.3 Å². The molecule has 0 unspecified atom stereocenters. The maximum absolute atomic E-state index is 13.0. The van der Waals surface area contributed by atoms with Crippen LogP contribution in [-0.2, 0) is 11.3 Å². The number of amides is 1. The fourth-order valence-electron chi connectivity index (χ4n) is 4.59. The van der Waals surface area contributed by atoms with Gasteiger partial charge >= 0.3 is 0 Å². The van der Waals surface area contributed by atoms with E-state index >= 15 is 0 Å². The van der Waals surface area contributed by atoms with Gasteiger partial charge in [0.2, 0.25) is 12.7 Å². The highest BCUT2D eigenvalue weighted by Gasteiger charge is 2.28. The molecule has 8 heteroatoms. The molecule has 1 amide bonds. The smallest absolute Gasteiger partial charge is 0.231 e. The predicted octanol–water partition coefficient (Wildman–Crippen LogP) is 3.14. The number of aromatic nitrogens is 3. The third-order valence-electron chi connectivity index (χ3n) is 6.21. The number of piperidine rings is 1. The number of hydrogen-bond acceptors (Lipinski definition) is 6. The van der Waals surface area contributed by atoms with Gasteiger partial charge in [-0.05, 0) is 54.8 Å². The summed E-state index contributed by atoms with van der Waals surface area (Å²) in [4.78, 5) is 24.5. The van der Waals surface area contributed by atoms with Crippen LogP contribution in [0.4, 0.5) is 5.82 Å². The summed E-state index contributed by atoms with van der Waals surface area (Å²) in [6.45, 7) is 2.22. The number of ether oxygens (including phenoxy) is 2. The molecule has 3 aromatic heterocycles. The molecule has 0 bridgehead atoms. The van der Waals surface area contributed by atoms with Crippen molar-refractivity contribution < 1.29 is 14.3 Å². The maximum Gasteiger partial charge on any atom is 0.231 e. The summed E-state index contributed by atoms with van der Waals surface area (Å²) >= 11 is 0. The first-order chi connectivity index (χ1) is 15.8. The van der Waals surface area contributed by atoms with E-state index in [4.69, 9.17) is 14.5 Å². The largest absolute Gasteiger partial charge is 0.454 e. The molecular formula is C24H23N5O3. The van der Waals surface area contributed by atoms with Crippen LogP contribution in [-0.4, -0.2) is 40.2 Å². The third kappa shape index (κ3) is 3.28. The average Bonchev–Trinajstić information content (AvgIpc) is 3.51. The second-order valence-electron chi connectivity index (χ2n) is 8.24. The van der Waals surface area contributed by atoms with Gasteiger partial charge in [-0.15, -0.1) is 0 Å². The highest BCUT2D eigenvalue weighted by Crippen LogP contribution is 2.32. The highest BCUT2D eigenvalue weighted by molar-refractivity contribution is 5.84. The summed E-state index contributed by atoms with van der Waals surface area (Å²) in [7, 11) is 0. The zero-order valence-corrected chi connectivity index (χ0v) is 17.5. The van der Waals surface area contributed by atoms with Gasteiger partial charge in [-0.3, -0.25) is 4.79 Å². The molecule has 1 N–H and O–H groups in total.